The van der Waals surface area contributed by atoms with Crippen molar-refractivity contribution in [3.63, 3.8) is 0 Å². The summed E-state index contributed by atoms with van der Waals surface area (Å²) in [5, 5.41) is 2.92. The number of aryl methyl sites for hydroxylation is 2. The van der Waals surface area contributed by atoms with Gasteiger partial charge in [0.2, 0.25) is 21.8 Å². The molecule has 7 nitrogen and oxygen atoms in total. The molecular weight excluding hydrogens is 450 g/mol. The van der Waals surface area contributed by atoms with E-state index in [1.165, 1.54) is 4.90 Å². The molecule has 0 aliphatic rings. The quantitative estimate of drug-likeness (QED) is 0.615. The average Bonchev–Trinajstić information content (AvgIpc) is 2.71. The van der Waals surface area contributed by atoms with Gasteiger partial charge < -0.3 is 10.2 Å². The van der Waals surface area contributed by atoms with Crippen LogP contribution in [-0.2, 0) is 26.2 Å². The third kappa shape index (κ3) is 7.06. The minimum atomic E-state index is -3.76. The molecule has 0 saturated heterocycles. The zero-order valence-electron chi connectivity index (χ0n) is 21.5. The first-order chi connectivity index (χ1) is 15.6. The largest absolute Gasteiger partial charge is 0.350 e. The molecular formula is C26H37N3O4S. The summed E-state index contributed by atoms with van der Waals surface area (Å²) < 4.78 is 26.6. The van der Waals surface area contributed by atoms with E-state index in [1.54, 1.807) is 19.1 Å². The lowest BCUT2D eigenvalue weighted by Crippen LogP contribution is -2.54. The molecule has 0 heterocycles. The molecule has 0 bridgehead atoms. The number of hydrogen-bond acceptors (Lipinski definition) is 4. The van der Waals surface area contributed by atoms with Gasteiger partial charge in [-0.2, -0.15) is 0 Å². The van der Waals surface area contributed by atoms with Gasteiger partial charge in [0.15, 0.2) is 0 Å². The van der Waals surface area contributed by atoms with Crippen LogP contribution in [-0.4, -0.2) is 49.5 Å². The zero-order valence-corrected chi connectivity index (χ0v) is 22.3. The number of carbonyl (C=O) groups excluding carboxylic acids is 2. The van der Waals surface area contributed by atoms with Crippen LogP contribution >= 0.6 is 0 Å². The topological polar surface area (TPSA) is 86.8 Å². The summed E-state index contributed by atoms with van der Waals surface area (Å²) in [6, 6.07) is 12.2. The number of nitrogens with one attached hydrogen (secondary N) is 1. The van der Waals surface area contributed by atoms with E-state index < -0.39 is 34.1 Å². The molecule has 1 N–H and O–H groups in total. The van der Waals surface area contributed by atoms with Crippen molar-refractivity contribution < 1.29 is 18.0 Å². The number of rotatable bonds is 8. The Morgan fingerprint density at radius 2 is 1.56 bits per heavy atom. The highest BCUT2D eigenvalue weighted by atomic mass is 32.2. The minimum Gasteiger partial charge on any atom is -0.350 e. The highest BCUT2D eigenvalue weighted by molar-refractivity contribution is 7.92. The monoisotopic (exact) mass is 487 g/mol. The van der Waals surface area contributed by atoms with Crippen LogP contribution in [0.1, 0.15) is 49.9 Å². The molecule has 2 amide bonds. The van der Waals surface area contributed by atoms with E-state index in [-0.39, 0.29) is 12.5 Å². The average molecular weight is 488 g/mol. The molecule has 8 heteroatoms. The van der Waals surface area contributed by atoms with Gasteiger partial charge in [-0.05, 0) is 76.8 Å². The van der Waals surface area contributed by atoms with Crippen LogP contribution in [0.4, 0.5) is 5.69 Å². The van der Waals surface area contributed by atoms with Gasteiger partial charge in [-0.1, -0.05) is 36.4 Å². The first-order valence-electron chi connectivity index (χ1n) is 11.3. The van der Waals surface area contributed by atoms with Gasteiger partial charge in [-0.25, -0.2) is 8.42 Å². The highest BCUT2D eigenvalue weighted by Crippen LogP contribution is 2.25. The molecule has 0 fully saturated rings. The summed E-state index contributed by atoms with van der Waals surface area (Å²) in [6.07, 6.45) is 1.09. The van der Waals surface area contributed by atoms with Crippen molar-refractivity contribution >= 4 is 27.5 Å². The lowest BCUT2D eigenvalue weighted by atomic mass is 10.1. The zero-order chi connectivity index (χ0) is 25.8. The van der Waals surface area contributed by atoms with Crippen LogP contribution in [0, 0.1) is 20.8 Å². The van der Waals surface area contributed by atoms with Crippen LogP contribution in [0.5, 0.6) is 0 Å². The molecule has 0 spiro atoms. The second-order valence-corrected chi connectivity index (χ2v) is 11.8. The lowest BCUT2D eigenvalue weighted by Gasteiger charge is -2.33. The fourth-order valence-electron chi connectivity index (χ4n) is 3.63. The third-order valence-corrected chi connectivity index (χ3v) is 6.92. The van der Waals surface area contributed by atoms with Crippen molar-refractivity contribution in [3.8, 4) is 0 Å². The molecule has 0 aromatic heterocycles. The lowest BCUT2D eigenvalue weighted by molar-refractivity contribution is -0.140. The summed E-state index contributed by atoms with van der Waals surface area (Å²) in [5.41, 5.74) is 3.57. The van der Waals surface area contributed by atoms with E-state index in [9.17, 15) is 18.0 Å². The van der Waals surface area contributed by atoms with Crippen molar-refractivity contribution in [1.29, 1.82) is 0 Å². The van der Waals surface area contributed by atoms with Crippen LogP contribution in [0.15, 0.2) is 42.5 Å². The Bertz CT molecular complexity index is 1150. The Morgan fingerprint density at radius 1 is 0.971 bits per heavy atom. The molecule has 186 valence electrons. The molecule has 2 aromatic rings. The SMILES string of the molecule is Cc1ccccc1CN(C(=O)CN(c1cccc(C)c1C)S(C)(=O)=O)C(C)C(=O)NC(C)(C)C. The minimum absolute atomic E-state index is 0.189. The molecule has 0 radical (unpaired) electrons. The number of benzene rings is 2. The molecule has 0 aliphatic heterocycles. The van der Waals surface area contributed by atoms with Crippen molar-refractivity contribution in [1.82, 2.24) is 10.2 Å². The number of sulfonamides is 1. The number of amides is 2. The van der Waals surface area contributed by atoms with Crippen molar-refractivity contribution in [2.45, 2.75) is 66.6 Å². The number of nitrogens with zero attached hydrogens (tertiary/aromatic N) is 2. The second kappa shape index (κ2) is 10.6. The van der Waals surface area contributed by atoms with Gasteiger partial charge >= 0.3 is 0 Å². The van der Waals surface area contributed by atoms with Crippen LogP contribution in [0.25, 0.3) is 0 Å². The van der Waals surface area contributed by atoms with E-state index in [2.05, 4.69) is 5.32 Å². The van der Waals surface area contributed by atoms with Crippen molar-refractivity contribution in [2.24, 2.45) is 0 Å². The second-order valence-electron chi connectivity index (χ2n) is 9.85. The van der Waals surface area contributed by atoms with Crippen LogP contribution < -0.4 is 9.62 Å². The Hall–Kier alpha value is -2.87. The summed E-state index contributed by atoms with van der Waals surface area (Å²) >= 11 is 0. The van der Waals surface area contributed by atoms with Crippen molar-refractivity contribution in [3.05, 3.63) is 64.7 Å². The van der Waals surface area contributed by atoms with Crippen LogP contribution in [0.2, 0.25) is 0 Å². The van der Waals surface area contributed by atoms with E-state index in [4.69, 9.17) is 0 Å². The van der Waals surface area contributed by atoms with Gasteiger partial charge in [0, 0.05) is 12.1 Å². The standard InChI is InChI=1S/C26H37N3O4S/c1-18-13-11-15-23(20(18)3)29(34(8,32)33)17-24(30)28(16-22-14-10-9-12-19(22)2)21(4)25(31)27-26(5,6)7/h9-15,21H,16-17H2,1-8H3,(H,27,31). The normalized spacial score (nSPS) is 12.7. The number of anilines is 1. The highest BCUT2D eigenvalue weighted by Gasteiger charge is 2.32. The predicted molar refractivity (Wildman–Crippen MR) is 137 cm³/mol. The molecule has 1 unspecified atom stereocenters. The van der Waals surface area contributed by atoms with Gasteiger partial charge in [-0.3, -0.25) is 13.9 Å². The fourth-order valence-corrected chi connectivity index (χ4v) is 4.53. The molecule has 1 atom stereocenters. The summed E-state index contributed by atoms with van der Waals surface area (Å²) in [6.45, 7) is 12.7. The maximum Gasteiger partial charge on any atom is 0.244 e. The summed E-state index contributed by atoms with van der Waals surface area (Å²) in [4.78, 5) is 28.1. The van der Waals surface area contributed by atoms with Crippen LogP contribution in [0.3, 0.4) is 0 Å². The molecule has 0 aliphatic carbocycles. The smallest absolute Gasteiger partial charge is 0.244 e. The first kappa shape index (κ1) is 27.4. The van der Waals surface area contributed by atoms with Gasteiger partial charge in [0.05, 0.1) is 11.9 Å². The molecule has 0 saturated carbocycles. The van der Waals surface area contributed by atoms with E-state index in [0.717, 1.165) is 32.8 Å². The van der Waals surface area contributed by atoms with Gasteiger partial charge in [0.1, 0.15) is 12.6 Å². The van der Waals surface area contributed by atoms with Gasteiger partial charge in [0.25, 0.3) is 0 Å². The Morgan fingerprint density at radius 3 is 2.12 bits per heavy atom. The van der Waals surface area contributed by atoms with E-state index in [1.807, 2.05) is 71.9 Å². The Balaban J connectivity index is 2.47. The predicted octanol–water partition coefficient (Wildman–Crippen LogP) is 3.71. The van der Waals surface area contributed by atoms with E-state index >= 15 is 0 Å². The maximum absolute atomic E-state index is 13.6. The number of hydrogen-bond donors (Lipinski definition) is 1. The summed E-state index contributed by atoms with van der Waals surface area (Å²) in [5.74, 6) is -0.752. The molecule has 2 aromatic carbocycles. The summed E-state index contributed by atoms with van der Waals surface area (Å²) in [7, 11) is -3.76. The van der Waals surface area contributed by atoms with Crippen molar-refractivity contribution in [2.75, 3.05) is 17.1 Å². The number of carbonyl (C=O) groups is 2. The fraction of sp³-hybridized carbons (Fsp3) is 0.462. The first-order valence-corrected chi connectivity index (χ1v) is 13.2. The van der Waals surface area contributed by atoms with E-state index in [0.29, 0.717) is 5.69 Å². The third-order valence-electron chi connectivity index (χ3n) is 5.79. The molecule has 34 heavy (non-hydrogen) atoms. The molecule has 2 rings (SSSR count). The van der Waals surface area contributed by atoms with Gasteiger partial charge in [-0.15, -0.1) is 0 Å². The maximum atomic E-state index is 13.6. The Kier molecular flexibility index (Phi) is 8.53. The Labute approximate surface area is 204 Å².